The maximum Gasteiger partial charge on any atom is 0.322 e. The van der Waals surface area contributed by atoms with Crippen molar-refractivity contribution in [2.75, 3.05) is 19.0 Å². The van der Waals surface area contributed by atoms with E-state index < -0.39 is 5.60 Å². The lowest BCUT2D eigenvalue weighted by Crippen LogP contribution is -2.44. The Morgan fingerprint density at radius 1 is 1.33 bits per heavy atom. The van der Waals surface area contributed by atoms with Gasteiger partial charge in [0.25, 0.3) is 0 Å². The van der Waals surface area contributed by atoms with Crippen LogP contribution in [-0.4, -0.2) is 30.2 Å². The zero-order valence-corrected chi connectivity index (χ0v) is 15.2. The predicted molar refractivity (Wildman–Crippen MR) is 96.2 cm³/mol. The van der Waals surface area contributed by atoms with Crippen molar-refractivity contribution in [3.8, 4) is 11.5 Å². The molecule has 1 aromatic heterocycles. The van der Waals surface area contributed by atoms with Crippen molar-refractivity contribution in [2.45, 2.75) is 32.9 Å². The van der Waals surface area contributed by atoms with Gasteiger partial charge in [0.1, 0.15) is 17.1 Å². The molecule has 0 radical (unpaired) electrons. The van der Waals surface area contributed by atoms with Gasteiger partial charge in [-0.3, -0.25) is 5.32 Å². The molecule has 1 N–H and O–H groups in total. The van der Waals surface area contributed by atoms with E-state index >= 15 is 0 Å². The molecular formula is C18H22N2O3S. The van der Waals surface area contributed by atoms with Crippen LogP contribution in [0.1, 0.15) is 24.3 Å². The zero-order chi connectivity index (χ0) is 17.3. The van der Waals surface area contributed by atoms with Gasteiger partial charge in [-0.15, -0.1) is 11.3 Å². The number of thiophene rings is 1. The maximum atomic E-state index is 12.7. The summed E-state index contributed by atoms with van der Waals surface area (Å²) in [7, 11) is 1.63. The van der Waals surface area contributed by atoms with E-state index in [4.69, 9.17) is 9.47 Å². The number of rotatable bonds is 2. The van der Waals surface area contributed by atoms with E-state index in [0.717, 1.165) is 22.1 Å². The predicted octanol–water partition coefficient (Wildman–Crippen LogP) is 4.27. The lowest BCUT2D eigenvalue weighted by molar-refractivity contribution is 0.0833. The topological polar surface area (TPSA) is 50.8 Å². The number of fused-ring (bicyclic) bond motifs is 1. The third-order valence-corrected chi connectivity index (χ3v) is 4.77. The lowest BCUT2D eigenvalue weighted by atomic mass is 10.1. The summed E-state index contributed by atoms with van der Waals surface area (Å²) in [6.45, 7) is 6.99. The fourth-order valence-electron chi connectivity index (χ4n) is 2.77. The minimum atomic E-state index is -0.486. The van der Waals surface area contributed by atoms with Crippen LogP contribution in [-0.2, 0) is 6.54 Å². The first-order valence-corrected chi connectivity index (χ1v) is 8.66. The average Bonchev–Trinajstić information content (AvgIpc) is 2.85. The highest BCUT2D eigenvalue weighted by molar-refractivity contribution is 7.16. The number of benzene rings is 1. The van der Waals surface area contributed by atoms with E-state index in [1.807, 2.05) is 51.1 Å². The summed E-state index contributed by atoms with van der Waals surface area (Å²) in [6, 6.07) is 9.52. The van der Waals surface area contributed by atoms with E-state index in [2.05, 4.69) is 5.32 Å². The molecule has 0 bridgehead atoms. The molecule has 1 aliphatic heterocycles. The first-order valence-electron chi connectivity index (χ1n) is 7.84. The van der Waals surface area contributed by atoms with Crippen molar-refractivity contribution in [1.29, 1.82) is 0 Å². The molecule has 5 nitrogen and oxygen atoms in total. The number of methoxy groups -OCH3 is 1. The van der Waals surface area contributed by atoms with Crippen LogP contribution < -0.4 is 14.8 Å². The van der Waals surface area contributed by atoms with Gasteiger partial charge in [-0.05, 0) is 45.0 Å². The van der Waals surface area contributed by atoms with E-state index in [0.29, 0.717) is 13.1 Å². The van der Waals surface area contributed by atoms with Gasteiger partial charge in [-0.2, -0.15) is 0 Å². The lowest BCUT2D eigenvalue weighted by Gasteiger charge is -2.29. The first kappa shape index (κ1) is 16.6. The normalized spacial score (nSPS) is 15.9. The molecule has 0 atom stereocenters. The second-order valence-corrected chi connectivity index (χ2v) is 7.82. The van der Waals surface area contributed by atoms with E-state index in [1.165, 1.54) is 4.88 Å². The van der Waals surface area contributed by atoms with Crippen LogP contribution in [0.5, 0.6) is 11.5 Å². The molecule has 24 heavy (non-hydrogen) atoms. The number of carbonyl (C=O) groups is 1. The number of urea groups is 1. The Morgan fingerprint density at radius 2 is 2.12 bits per heavy atom. The highest BCUT2D eigenvalue weighted by atomic mass is 32.1. The van der Waals surface area contributed by atoms with E-state index in [1.54, 1.807) is 23.3 Å². The van der Waals surface area contributed by atoms with Crippen LogP contribution in [0.25, 0.3) is 0 Å². The van der Waals surface area contributed by atoms with Crippen molar-refractivity contribution < 1.29 is 14.3 Å². The number of nitrogens with zero attached hydrogens (tertiary/aromatic N) is 1. The molecule has 0 unspecified atom stereocenters. The minimum absolute atomic E-state index is 0.114. The Hall–Kier alpha value is -2.21. The molecule has 0 spiro atoms. The number of anilines is 1. The highest BCUT2D eigenvalue weighted by Crippen LogP contribution is 2.33. The molecule has 128 valence electrons. The van der Waals surface area contributed by atoms with Gasteiger partial charge in [-0.1, -0.05) is 0 Å². The van der Waals surface area contributed by atoms with Crippen LogP contribution in [0.15, 0.2) is 30.3 Å². The monoisotopic (exact) mass is 346 g/mol. The highest BCUT2D eigenvalue weighted by Gasteiger charge is 2.32. The third-order valence-electron chi connectivity index (χ3n) is 3.85. The molecule has 1 aromatic carbocycles. The summed E-state index contributed by atoms with van der Waals surface area (Å²) >= 11 is 1.57. The number of aryl methyl sites for hydroxylation is 1. The van der Waals surface area contributed by atoms with E-state index in [9.17, 15) is 4.79 Å². The Morgan fingerprint density at radius 3 is 2.79 bits per heavy atom. The smallest absolute Gasteiger partial charge is 0.322 e. The van der Waals surface area contributed by atoms with Gasteiger partial charge in [0.15, 0.2) is 0 Å². The number of hydrogen-bond acceptors (Lipinski definition) is 4. The summed E-state index contributed by atoms with van der Waals surface area (Å²) in [5, 5.41) is 3.83. The molecule has 2 amide bonds. The summed E-state index contributed by atoms with van der Waals surface area (Å²) in [5.41, 5.74) is 0.485. The van der Waals surface area contributed by atoms with Crippen LogP contribution in [0.3, 0.4) is 0 Å². The van der Waals surface area contributed by atoms with Crippen molar-refractivity contribution in [3.63, 3.8) is 0 Å². The Balaban J connectivity index is 1.84. The molecular weight excluding hydrogens is 324 g/mol. The summed E-state index contributed by atoms with van der Waals surface area (Å²) in [5.74, 6) is 1.51. The van der Waals surface area contributed by atoms with Crippen LogP contribution in [0.4, 0.5) is 9.80 Å². The maximum absolute atomic E-state index is 12.7. The van der Waals surface area contributed by atoms with Gasteiger partial charge >= 0.3 is 6.03 Å². The van der Waals surface area contributed by atoms with Gasteiger partial charge in [0.2, 0.25) is 0 Å². The molecule has 2 heterocycles. The fraction of sp³-hybridized carbons (Fsp3) is 0.389. The van der Waals surface area contributed by atoms with Crippen LogP contribution >= 0.6 is 11.3 Å². The standard InChI is InChI=1S/C18H22N2O3S/c1-12-5-8-16(24-12)19-17(21)20-10-13-6-7-14(22-4)9-15(13)23-18(2,3)11-20/h5-9H,10-11H2,1-4H3,(H,19,21). The molecule has 0 fully saturated rings. The van der Waals surface area contributed by atoms with Crippen molar-refractivity contribution in [1.82, 2.24) is 4.90 Å². The second-order valence-electron chi connectivity index (χ2n) is 6.53. The average molecular weight is 346 g/mol. The molecule has 1 aliphatic rings. The van der Waals surface area contributed by atoms with Gasteiger partial charge in [0, 0.05) is 16.5 Å². The number of hydrogen-bond donors (Lipinski definition) is 1. The summed E-state index contributed by atoms with van der Waals surface area (Å²) in [6.07, 6.45) is 0. The number of ether oxygens (including phenoxy) is 2. The SMILES string of the molecule is COc1ccc2c(c1)OC(C)(C)CN(C(=O)Nc1ccc(C)s1)C2. The van der Waals surface area contributed by atoms with Crippen LogP contribution in [0.2, 0.25) is 0 Å². The third kappa shape index (κ3) is 3.64. The second kappa shape index (κ2) is 6.36. The van der Waals surface area contributed by atoms with Crippen molar-refractivity contribution in [3.05, 3.63) is 40.8 Å². The number of carbonyl (C=O) groups excluding carboxylic acids is 1. The molecule has 6 heteroatoms. The quantitative estimate of drug-likeness (QED) is 0.883. The van der Waals surface area contributed by atoms with E-state index in [-0.39, 0.29) is 6.03 Å². The molecule has 0 saturated carbocycles. The molecule has 2 aromatic rings. The number of nitrogens with one attached hydrogen (secondary N) is 1. The Kier molecular flexibility index (Phi) is 4.41. The Labute approximate surface area is 146 Å². The minimum Gasteiger partial charge on any atom is -0.497 e. The first-order chi connectivity index (χ1) is 11.4. The van der Waals surface area contributed by atoms with Crippen molar-refractivity contribution in [2.24, 2.45) is 0 Å². The molecule has 0 aliphatic carbocycles. The van der Waals surface area contributed by atoms with Gasteiger partial charge in [-0.25, -0.2) is 4.79 Å². The fourth-order valence-corrected chi connectivity index (χ4v) is 3.53. The van der Waals surface area contributed by atoms with Crippen molar-refractivity contribution >= 4 is 22.4 Å². The summed E-state index contributed by atoms with van der Waals surface area (Å²) < 4.78 is 11.4. The molecule has 0 saturated heterocycles. The zero-order valence-electron chi connectivity index (χ0n) is 14.4. The molecule has 3 rings (SSSR count). The largest absolute Gasteiger partial charge is 0.497 e. The van der Waals surface area contributed by atoms with Crippen LogP contribution in [0, 0.1) is 6.92 Å². The van der Waals surface area contributed by atoms with Gasteiger partial charge in [0.05, 0.1) is 25.2 Å². The van der Waals surface area contributed by atoms with Gasteiger partial charge < -0.3 is 14.4 Å². The summed E-state index contributed by atoms with van der Waals surface area (Å²) in [4.78, 5) is 15.6. The Bertz CT molecular complexity index is 754. The number of amides is 2.